The van der Waals surface area contributed by atoms with E-state index in [0.29, 0.717) is 0 Å². The van der Waals surface area contributed by atoms with E-state index in [-0.39, 0.29) is 6.42 Å². The van der Waals surface area contributed by atoms with E-state index in [0.717, 1.165) is 4.90 Å². The third-order valence-corrected chi connectivity index (χ3v) is 1.70. The Balaban J connectivity index is 5.12. The lowest BCUT2D eigenvalue weighted by atomic mass is 10.1. The Morgan fingerprint density at radius 1 is 1.50 bits per heavy atom. The second-order valence-corrected chi connectivity index (χ2v) is 2.75. The number of urea groups is 1. The number of nitrogens with zero attached hydrogens (tertiary/aromatic N) is 1. The summed E-state index contributed by atoms with van der Waals surface area (Å²) in [6, 6.07) is -0.901. The van der Waals surface area contributed by atoms with Crippen molar-refractivity contribution in [2.75, 3.05) is 0 Å². The highest BCUT2D eigenvalue weighted by molar-refractivity contribution is 5.94. The predicted molar refractivity (Wildman–Crippen MR) is 55.3 cm³/mol. The molecule has 0 saturated carbocycles. The van der Waals surface area contributed by atoms with Crippen molar-refractivity contribution in [2.24, 2.45) is 17.2 Å². The average Bonchev–Trinajstić information content (AvgIpc) is 2.03. The van der Waals surface area contributed by atoms with E-state index in [1.807, 2.05) is 0 Å². The van der Waals surface area contributed by atoms with Gasteiger partial charge >= 0.3 is 6.03 Å². The zero-order chi connectivity index (χ0) is 11.4. The maximum absolute atomic E-state index is 11.0. The van der Waals surface area contributed by atoms with Crippen molar-refractivity contribution in [3.8, 4) is 0 Å². The molecule has 0 saturated heterocycles. The van der Waals surface area contributed by atoms with E-state index in [9.17, 15) is 4.79 Å². The molecule has 0 aromatic carbocycles. The summed E-state index contributed by atoms with van der Waals surface area (Å²) in [5.41, 5.74) is 14.7. The van der Waals surface area contributed by atoms with Crippen LogP contribution in [0.3, 0.4) is 0 Å². The molecule has 14 heavy (non-hydrogen) atoms. The molecule has 78 valence electrons. The molecular weight excluding hydrogens is 182 g/mol. The monoisotopic (exact) mass is 197 g/mol. The first kappa shape index (κ1) is 12.2. The largest absolute Gasteiger partial charge is 0.370 e. The van der Waals surface area contributed by atoms with Crippen LogP contribution in [0.4, 0.5) is 4.79 Å². The summed E-state index contributed by atoms with van der Waals surface area (Å²) in [7, 11) is 0. The van der Waals surface area contributed by atoms with Gasteiger partial charge in [0.2, 0.25) is 0 Å². The molecule has 6 heteroatoms. The molecule has 0 aliphatic carbocycles. The highest BCUT2D eigenvalue weighted by Crippen LogP contribution is 2.14. The molecular formula is C8H15N5O. The van der Waals surface area contributed by atoms with Crippen LogP contribution in [0.1, 0.15) is 6.42 Å². The fraction of sp³-hybridized carbons (Fsp3) is 0.250. The average molecular weight is 197 g/mol. The van der Waals surface area contributed by atoms with Crippen LogP contribution in [-0.2, 0) is 0 Å². The van der Waals surface area contributed by atoms with Gasteiger partial charge in [0.25, 0.3) is 0 Å². The maximum atomic E-state index is 11.0. The third kappa shape index (κ3) is 2.33. The lowest BCUT2D eigenvalue weighted by Crippen LogP contribution is -2.62. The molecule has 0 aliphatic rings. The molecule has 0 aliphatic heterocycles. The first-order valence-corrected chi connectivity index (χ1v) is 3.86. The summed E-state index contributed by atoms with van der Waals surface area (Å²) in [6.45, 7) is 6.94. The van der Waals surface area contributed by atoms with E-state index >= 15 is 0 Å². The molecule has 0 fully saturated rings. The van der Waals surface area contributed by atoms with Gasteiger partial charge in [-0.2, -0.15) is 0 Å². The van der Waals surface area contributed by atoms with E-state index < -0.39 is 17.7 Å². The Bertz CT molecular complexity index is 261. The quantitative estimate of drug-likeness (QED) is 0.214. The molecule has 0 aromatic rings. The fourth-order valence-corrected chi connectivity index (χ4v) is 1.05. The summed E-state index contributed by atoms with van der Waals surface area (Å²) in [6.07, 6.45) is 2.99. The summed E-state index contributed by atoms with van der Waals surface area (Å²) in [4.78, 5) is 11.7. The molecule has 7 N–H and O–H groups in total. The molecule has 0 aromatic heterocycles. The minimum absolute atomic E-state index is 0.207. The molecule has 0 radical (unpaired) electrons. The Kier molecular flexibility index (Phi) is 3.85. The zero-order valence-corrected chi connectivity index (χ0v) is 7.86. The minimum atomic E-state index is -1.29. The van der Waals surface area contributed by atoms with E-state index in [1.165, 1.54) is 12.2 Å². The van der Waals surface area contributed by atoms with Crippen LogP contribution in [-0.4, -0.2) is 22.6 Å². The van der Waals surface area contributed by atoms with Crippen LogP contribution in [0.5, 0.6) is 0 Å². The maximum Gasteiger partial charge on any atom is 0.323 e. The molecule has 0 bridgehead atoms. The van der Waals surface area contributed by atoms with Crippen LogP contribution >= 0.6 is 0 Å². The number of hydrogen-bond donors (Lipinski definition) is 4. The first-order valence-electron chi connectivity index (χ1n) is 3.86. The number of rotatable bonds is 4. The van der Waals surface area contributed by atoms with Gasteiger partial charge in [0, 0.05) is 6.42 Å². The Labute approximate surface area is 82.5 Å². The number of carbonyl (C=O) groups excluding carboxylic acids is 1. The first-order chi connectivity index (χ1) is 6.39. The summed E-state index contributed by atoms with van der Waals surface area (Å²) in [5.74, 6) is -0.526. The van der Waals surface area contributed by atoms with Crippen molar-refractivity contribution in [1.29, 1.82) is 5.41 Å². The van der Waals surface area contributed by atoms with Gasteiger partial charge < -0.3 is 17.2 Å². The lowest BCUT2D eigenvalue weighted by Gasteiger charge is -2.35. The van der Waals surface area contributed by atoms with Gasteiger partial charge in [-0.25, -0.2) is 9.69 Å². The molecule has 0 rings (SSSR count). The van der Waals surface area contributed by atoms with Crippen LogP contribution in [0, 0.1) is 5.41 Å². The van der Waals surface area contributed by atoms with Gasteiger partial charge in [-0.1, -0.05) is 18.7 Å². The number of amides is 2. The normalized spacial score (nSPS) is 13.8. The number of primary amides is 1. The van der Waals surface area contributed by atoms with Crippen molar-refractivity contribution in [3.05, 3.63) is 25.3 Å². The molecule has 0 heterocycles. The van der Waals surface area contributed by atoms with Crippen molar-refractivity contribution in [3.63, 3.8) is 0 Å². The van der Waals surface area contributed by atoms with Gasteiger partial charge in [-0.05, 0) is 0 Å². The fourth-order valence-electron chi connectivity index (χ4n) is 1.05. The van der Waals surface area contributed by atoms with Crippen molar-refractivity contribution in [2.45, 2.75) is 12.1 Å². The van der Waals surface area contributed by atoms with Crippen molar-refractivity contribution in [1.82, 2.24) is 4.90 Å². The van der Waals surface area contributed by atoms with E-state index in [1.54, 1.807) is 0 Å². The number of guanidine groups is 1. The van der Waals surface area contributed by atoms with Gasteiger partial charge in [0.1, 0.15) is 5.66 Å². The highest BCUT2D eigenvalue weighted by atomic mass is 16.2. The predicted octanol–water partition coefficient (Wildman–Crippen LogP) is -0.322. The molecule has 1 atom stereocenters. The standard InChI is InChI=1S/C8H15N5O/c1-3-5-8(12,4-2)13(6(9)10)7(11)14/h3-4H,1-2,5,12H2,(H3,9,10)(H2,11,14). The Morgan fingerprint density at radius 3 is 2.21 bits per heavy atom. The number of nitrogens with two attached hydrogens (primary N) is 3. The second-order valence-electron chi connectivity index (χ2n) is 2.75. The molecule has 6 nitrogen and oxygen atoms in total. The summed E-state index contributed by atoms with van der Waals surface area (Å²) >= 11 is 0. The highest BCUT2D eigenvalue weighted by Gasteiger charge is 2.33. The lowest BCUT2D eigenvalue weighted by molar-refractivity contribution is 0.198. The summed E-state index contributed by atoms with van der Waals surface area (Å²) < 4.78 is 0. The smallest absolute Gasteiger partial charge is 0.323 e. The van der Waals surface area contributed by atoms with E-state index in [2.05, 4.69) is 13.2 Å². The minimum Gasteiger partial charge on any atom is -0.370 e. The Morgan fingerprint density at radius 2 is 2.00 bits per heavy atom. The van der Waals surface area contributed by atoms with Gasteiger partial charge in [-0.3, -0.25) is 5.41 Å². The van der Waals surface area contributed by atoms with Crippen LogP contribution in [0.25, 0.3) is 0 Å². The third-order valence-electron chi connectivity index (χ3n) is 1.70. The van der Waals surface area contributed by atoms with Crippen molar-refractivity contribution >= 4 is 12.0 Å². The molecule has 2 amide bonds. The molecule has 0 spiro atoms. The second kappa shape index (κ2) is 4.43. The van der Waals surface area contributed by atoms with Gasteiger partial charge in [0.05, 0.1) is 0 Å². The van der Waals surface area contributed by atoms with Gasteiger partial charge in [-0.15, -0.1) is 6.58 Å². The zero-order valence-electron chi connectivity index (χ0n) is 7.86. The number of hydrogen-bond acceptors (Lipinski definition) is 3. The van der Waals surface area contributed by atoms with E-state index in [4.69, 9.17) is 22.6 Å². The Hall–Kier alpha value is -1.82. The van der Waals surface area contributed by atoms with Crippen LogP contribution in [0.2, 0.25) is 0 Å². The van der Waals surface area contributed by atoms with Crippen LogP contribution in [0.15, 0.2) is 25.3 Å². The topological polar surface area (TPSA) is 122 Å². The summed E-state index contributed by atoms with van der Waals surface area (Å²) in [5, 5.41) is 7.16. The molecule has 1 unspecified atom stereocenters. The van der Waals surface area contributed by atoms with Crippen LogP contribution < -0.4 is 17.2 Å². The van der Waals surface area contributed by atoms with Crippen molar-refractivity contribution < 1.29 is 4.79 Å². The number of nitrogens with one attached hydrogen (secondary N) is 1. The van der Waals surface area contributed by atoms with Gasteiger partial charge in [0.15, 0.2) is 5.96 Å². The number of carbonyl (C=O) groups is 1. The SMILES string of the molecule is C=CCC(N)(C=C)N(C(=N)N)C(N)=O.